The van der Waals surface area contributed by atoms with Gasteiger partial charge in [-0.05, 0) is 75.2 Å². The van der Waals surface area contributed by atoms with E-state index in [0.29, 0.717) is 23.0 Å². The zero-order valence-electron chi connectivity index (χ0n) is 18.7. The van der Waals surface area contributed by atoms with Crippen LogP contribution in [0.15, 0.2) is 46.9 Å². The van der Waals surface area contributed by atoms with Crippen LogP contribution in [-0.4, -0.2) is 33.1 Å². The Labute approximate surface area is 185 Å². The van der Waals surface area contributed by atoms with Gasteiger partial charge in [0.05, 0.1) is 18.5 Å². The Morgan fingerprint density at radius 1 is 1.03 bits per heavy atom. The highest BCUT2D eigenvalue weighted by Gasteiger charge is 2.21. The standard InChI is InChI=1S/C24H24N4O4/c1-14-6-9-19(12-15(14)2)28-16(3)22(26-27-28)24(29)31-13-21-17(4)32-23(25-21)18-7-10-20(30-5)11-8-18/h6-12H,13H2,1-5H3. The summed E-state index contributed by atoms with van der Waals surface area (Å²) in [7, 11) is 1.61. The van der Waals surface area contributed by atoms with Gasteiger partial charge < -0.3 is 13.9 Å². The number of rotatable bonds is 6. The van der Waals surface area contributed by atoms with Crippen molar-refractivity contribution in [1.29, 1.82) is 0 Å². The zero-order valence-corrected chi connectivity index (χ0v) is 18.7. The summed E-state index contributed by atoms with van der Waals surface area (Å²) in [5.41, 5.74) is 5.28. The second-order valence-corrected chi connectivity index (χ2v) is 7.53. The van der Waals surface area contributed by atoms with Crippen LogP contribution < -0.4 is 4.74 Å². The number of aromatic nitrogens is 4. The number of nitrogens with zero attached hydrogens (tertiary/aromatic N) is 4. The van der Waals surface area contributed by atoms with E-state index in [1.807, 2.05) is 56.3 Å². The molecule has 0 radical (unpaired) electrons. The Morgan fingerprint density at radius 2 is 1.78 bits per heavy atom. The van der Waals surface area contributed by atoms with E-state index >= 15 is 0 Å². The number of ether oxygens (including phenoxy) is 2. The van der Waals surface area contributed by atoms with Crippen molar-refractivity contribution < 1.29 is 18.7 Å². The van der Waals surface area contributed by atoms with Crippen molar-refractivity contribution in [3.63, 3.8) is 0 Å². The van der Waals surface area contributed by atoms with Gasteiger partial charge in [-0.15, -0.1) is 5.10 Å². The summed E-state index contributed by atoms with van der Waals surface area (Å²) in [5.74, 6) is 1.22. The minimum absolute atomic E-state index is 0.0275. The molecule has 0 aliphatic carbocycles. The van der Waals surface area contributed by atoms with Gasteiger partial charge >= 0.3 is 5.97 Å². The van der Waals surface area contributed by atoms with Crippen LogP contribution in [0.25, 0.3) is 17.1 Å². The molecule has 0 atom stereocenters. The number of hydrogen-bond acceptors (Lipinski definition) is 7. The molecule has 2 aromatic carbocycles. The maximum absolute atomic E-state index is 12.7. The van der Waals surface area contributed by atoms with Gasteiger partial charge in [-0.3, -0.25) is 0 Å². The molecule has 0 spiro atoms. The Bertz CT molecular complexity index is 1270. The highest BCUT2D eigenvalue weighted by Crippen LogP contribution is 2.24. The van der Waals surface area contributed by atoms with E-state index in [0.717, 1.165) is 22.6 Å². The fraction of sp³-hybridized carbons (Fsp3) is 0.250. The maximum Gasteiger partial charge on any atom is 0.361 e. The number of methoxy groups -OCH3 is 1. The molecule has 4 rings (SSSR count). The summed E-state index contributed by atoms with van der Waals surface area (Å²) >= 11 is 0. The maximum atomic E-state index is 12.7. The molecule has 32 heavy (non-hydrogen) atoms. The molecule has 164 valence electrons. The molecule has 8 heteroatoms. The third kappa shape index (κ3) is 4.12. The van der Waals surface area contributed by atoms with E-state index in [2.05, 4.69) is 15.3 Å². The van der Waals surface area contributed by atoms with Crippen molar-refractivity contribution in [1.82, 2.24) is 20.0 Å². The van der Waals surface area contributed by atoms with E-state index in [4.69, 9.17) is 13.9 Å². The van der Waals surface area contributed by atoms with Crippen LogP contribution in [0, 0.1) is 27.7 Å². The minimum Gasteiger partial charge on any atom is -0.497 e. The van der Waals surface area contributed by atoms with Gasteiger partial charge in [0.15, 0.2) is 5.69 Å². The molecular weight excluding hydrogens is 408 g/mol. The number of oxazole rings is 1. The van der Waals surface area contributed by atoms with Crippen molar-refractivity contribution in [2.24, 2.45) is 0 Å². The molecule has 0 bridgehead atoms. The molecule has 0 saturated carbocycles. The third-order valence-electron chi connectivity index (χ3n) is 5.39. The lowest BCUT2D eigenvalue weighted by atomic mass is 10.1. The van der Waals surface area contributed by atoms with Crippen molar-refractivity contribution in [3.05, 3.63) is 76.4 Å². The SMILES string of the molecule is COc1ccc(-c2nc(COC(=O)c3nnn(-c4ccc(C)c(C)c4)c3C)c(C)o2)cc1. The van der Waals surface area contributed by atoms with Crippen LogP contribution in [0.3, 0.4) is 0 Å². The lowest BCUT2D eigenvalue weighted by molar-refractivity contribution is 0.0459. The number of esters is 1. The van der Waals surface area contributed by atoms with Crippen LogP contribution in [0.5, 0.6) is 5.75 Å². The first-order valence-electron chi connectivity index (χ1n) is 10.1. The van der Waals surface area contributed by atoms with Crippen LogP contribution in [0.1, 0.15) is 38.8 Å². The summed E-state index contributed by atoms with van der Waals surface area (Å²) in [6.07, 6.45) is 0. The topological polar surface area (TPSA) is 92.3 Å². The highest BCUT2D eigenvalue weighted by molar-refractivity contribution is 5.88. The second kappa shape index (κ2) is 8.66. The number of benzene rings is 2. The summed E-state index contributed by atoms with van der Waals surface area (Å²) in [6.45, 7) is 7.61. The molecule has 2 heterocycles. The molecule has 8 nitrogen and oxygen atoms in total. The summed E-state index contributed by atoms with van der Waals surface area (Å²) in [5, 5.41) is 8.16. The molecule has 0 aliphatic heterocycles. The van der Waals surface area contributed by atoms with E-state index in [-0.39, 0.29) is 12.3 Å². The smallest absolute Gasteiger partial charge is 0.361 e. The van der Waals surface area contributed by atoms with Crippen LogP contribution in [-0.2, 0) is 11.3 Å². The largest absolute Gasteiger partial charge is 0.497 e. The van der Waals surface area contributed by atoms with E-state index in [1.54, 1.807) is 25.6 Å². The van der Waals surface area contributed by atoms with Crippen LogP contribution >= 0.6 is 0 Å². The van der Waals surface area contributed by atoms with Gasteiger partial charge in [-0.25, -0.2) is 14.5 Å². The average molecular weight is 432 g/mol. The minimum atomic E-state index is -0.564. The number of carbonyl (C=O) groups excluding carboxylic acids is 1. The van der Waals surface area contributed by atoms with E-state index < -0.39 is 5.97 Å². The lowest BCUT2D eigenvalue weighted by Crippen LogP contribution is -2.09. The van der Waals surface area contributed by atoms with Gasteiger partial charge in [0.25, 0.3) is 0 Å². The van der Waals surface area contributed by atoms with Crippen molar-refractivity contribution in [3.8, 4) is 22.9 Å². The van der Waals surface area contributed by atoms with Crippen molar-refractivity contribution >= 4 is 5.97 Å². The fourth-order valence-electron chi connectivity index (χ4n) is 3.24. The molecule has 0 fully saturated rings. The molecule has 0 saturated heterocycles. The molecule has 0 aliphatic rings. The van der Waals surface area contributed by atoms with Crippen LogP contribution in [0.4, 0.5) is 0 Å². The predicted molar refractivity (Wildman–Crippen MR) is 118 cm³/mol. The van der Waals surface area contributed by atoms with Crippen molar-refractivity contribution in [2.75, 3.05) is 7.11 Å². The van der Waals surface area contributed by atoms with Gasteiger partial charge in [0.1, 0.15) is 23.8 Å². The summed E-state index contributed by atoms with van der Waals surface area (Å²) < 4.78 is 18.0. The van der Waals surface area contributed by atoms with Gasteiger partial charge in [0.2, 0.25) is 5.89 Å². The molecular formula is C24H24N4O4. The second-order valence-electron chi connectivity index (χ2n) is 7.53. The molecule has 4 aromatic rings. The molecule has 0 N–H and O–H groups in total. The summed E-state index contributed by atoms with van der Waals surface area (Å²) in [6, 6.07) is 13.3. The molecule has 0 unspecified atom stereocenters. The lowest BCUT2D eigenvalue weighted by Gasteiger charge is -2.07. The molecule has 2 aromatic heterocycles. The monoisotopic (exact) mass is 432 g/mol. The van der Waals surface area contributed by atoms with E-state index in [1.165, 1.54) is 5.56 Å². The van der Waals surface area contributed by atoms with Gasteiger partial charge in [0, 0.05) is 5.56 Å². The van der Waals surface area contributed by atoms with Gasteiger partial charge in [-0.2, -0.15) is 0 Å². The first kappa shape index (κ1) is 21.3. The Hall–Kier alpha value is -3.94. The van der Waals surface area contributed by atoms with E-state index in [9.17, 15) is 4.79 Å². The number of hydrogen-bond donors (Lipinski definition) is 0. The quantitative estimate of drug-likeness (QED) is 0.414. The Kier molecular flexibility index (Phi) is 5.77. The number of carbonyl (C=O) groups is 1. The Balaban J connectivity index is 1.48. The summed E-state index contributed by atoms with van der Waals surface area (Å²) in [4.78, 5) is 17.1. The van der Waals surface area contributed by atoms with Crippen LogP contribution in [0.2, 0.25) is 0 Å². The first-order valence-corrected chi connectivity index (χ1v) is 10.1. The predicted octanol–water partition coefficient (Wildman–Crippen LogP) is 4.52. The Morgan fingerprint density at radius 3 is 2.47 bits per heavy atom. The number of aryl methyl sites for hydroxylation is 3. The third-order valence-corrected chi connectivity index (χ3v) is 5.39. The molecule has 0 amide bonds. The highest BCUT2D eigenvalue weighted by atomic mass is 16.5. The van der Waals surface area contributed by atoms with Gasteiger partial charge in [-0.1, -0.05) is 11.3 Å². The first-order chi connectivity index (χ1) is 15.4. The normalized spacial score (nSPS) is 10.9. The fourth-order valence-corrected chi connectivity index (χ4v) is 3.24. The van der Waals surface area contributed by atoms with Crippen molar-refractivity contribution in [2.45, 2.75) is 34.3 Å². The zero-order chi connectivity index (χ0) is 22.8. The average Bonchev–Trinajstić information content (AvgIpc) is 3.36.